The van der Waals surface area contributed by atoms with Gasteiger partial charge < -0.3 is 9.47 Å². The molecular formula is C16H32O2. The average molecular weight is 256 g/mol. The summed E-state index contributed by atoms with van der Waals surface area (Å²) in [5, 5.41) is 0. The van der Waals surface area contributed by atoms with Crippen LogP contribution in [-0.4, -0.2) is 18.5 Å². The van der Waals surface area contributed by atoms with E-state index in [9.17, 15) is 0 Å². The van der Waals surface area contributed by atoms with Crippen molar-refractivity contribution in [3.63, 3.8) is 0 Å². The zero-order valence-corrected chi connectivity index (χ0v) is 13.0. The molecule has 0 amide bonds. The fraction of sp³-hybridized carbons (Fsp3) is 1.00. The first-order valence-electron chi connectivity index (χ1n) is 7.78. The Labute approximate surface area is 113 Å². The molecule has 0 aliphatic carbocycles. The van der Waals surface area contributed by atoms with Gasteiger partial charge in [-0.1, -0.05) is 60.3 Å². The molecule has 0 N–H and O–H groups in total. The van der Waals surface area contributed by atoms with E-state index in [1.807, 2.05) is 0 Å². The van der Waals surface area contributed by atoms with E-state index in [-0.39, 0.29) is 11.7 Å². The molecule has 108 valence electrons. The van der Waals surface area contributed by atoms with E-state index in [4.69, 9.17) is 9.47 Å². The van der Waals surface area contributed by atoms with Crippen molar-refractivity contribution in [3.05, 3.63) is 0 Å². The molecule has 0 bridgehead atoms. The summed E-state index contributed by atoms with van der Waals surface area (Å²) in [6.45, 7) is 11.1. The molecule has 0 aromatic rings. The molecule has 1 rings (SSSR count). The third-order valence-corrected chi connectivity index (χ3v) is 3.70. The summed E-state index contributed by atoms with van der Waals surface area (Å²) in [5.41, 5.74) is 0.0789. The summed E-state index contributed by atoms with van der Waals surface area (Å²) in [4.78, 5) is 0. The van der Waals surface area contributed by atoms with Crippen molar-refractivity contribution < 1.29 is 9.47 Å². The smallest absolute Gasteiger partial charge is 0.163 e. The van der Waals surface area contributed by atoms with Gasteiger partial charge in [0.05, 0.1) is 12.2 Å². The predicted molar refractivity (Wildman–Crippen MR) is 76.7 cm³/mol. The summed E-state index contributed by atoms with van der Waals surface area (Å²) < 4.78 is 12.2. The quantitative estimate of drug-likeness (QED) is 0.628. The average Bonchev–Trinajstić information content (AvgIpc) is 2.33. The van der Waals surface area contributed by atoms with Gasteiger partial charge in [-0.2, -0.15) is 0 Å². The van der Waals surface area contributed by atoms with Gasteiger partial charge in [-0.25, -0.2) is 0 Å². The molecule has 1 fully saturated rings. The van der Waals surface area contributed by atoms with Crippen molar-refractivity contribution in [1.82, 2.24) is 0 Å². The minimum absolute atomic E-state index is 0.0348. The summed E-state index contributed by atoms with van der Waals surface area (Å²) >= 11 is 0. The van der Waals surface area contributed by atoms with Gasteiger partial charge in [-0.15, -0.1) is 0 Å². The Hall–Kier alpha value is -0.0800. The number of unbranched alkanes of at least 4 members (excludes halogenated alkanes) is 3. The van der Waals surface area contributed by atoms with Crippen molar-refractivity contribution in [3.8, 4) is 0 Å². The highest BCUT2D eigenvalue weighted by molar-refractivity contribution is 4.77. The second-order valence-corrected chi connectivity index (χ2v) is 6.71. The third-order valence-electron chi connectivity index (χ3n) is 3.70. The Balaban J connectivity index is 2.42. The van der Waals surface area contributed by atoms with Crippen LogP contribution in [0.2, 0.25) is 0 Å². The molecule has 1 heterocycles. The predicted octanol–water partition coefficient (Wildman–Crippen LogP) is 4.91. The summed E-state index contributed by atoms with van der Waals surface area (Å²) in [5.74, 6) is 0. The van der Waals surface area contributed by atoms with Crippen molar-refractivity contribution in [1.29, 1.82) is 0 Å². The van der Waals surface area contributed by atoms with Crippen molar-refractivity contribution >= 4 is 0 Å². The lowest BCUT2D eigenvalue weighted by atomic mass is 9.93. The maximum atomic E-state index is 6.14. The molecule has 1 aliphatic heterocycles. The number of hydrogen-bond acceptors (Lipinski definition) is 2. The number of hydrogen-bond donors (Lipinski definition) is 0. The first-order valence-corrected chi connectivity index (χ1v) is 7.78. The van der Waals surface area contributed by atoms with E-state index in [1.165, 1.54) is 32.1 Å². The van der Waals surface area contributed by atoms with Crippen molar-refractivity contribution in [2.75, 3.05) is 0 Å². The molecule has 0 aromatic heterocycles. The van der Waals surface area contributed by atoms with E-state index in [2.05, 4.69) is 34.6 Å². The Bertz CT molecular complexity index is 220. The van der Waals surface area contributed by atoms with Gasteiger partial charge in [0.1, 0.15) is 0 Å². The van der Waals surface area contributed by atoms with Crippen LogP contribution in [0.1, 0.15) is 79.6 Å². The second kappa shape index (κ2) is 7.49. The molecule has 0 spiro atoms. The molecule has 2 nitrogen and oxygen atoms in total. The fourth-order valence-electron chi connectivity index (χ4n) is 2.44. The van der Waals surface area contributed by atoms with Gasteiger partial charge in [0.15, 0.2) is 6.29 Å². The van der Waals surface area contributed by atoms with Gasteiger partial charge in [-0.3, -0.25) is 0 Å². The maximum Gasteiger partial charge on any atom is 0.163 e. The lowest BCUT2D eigenvalue weighted by Gasteiger charge is -2.41. The molecule has 1 aliphatic rings. The maximum absolute atomic E-state index is 6.14. The zero-order valence-electron chi connectivity index (χ0n) is 13.0. The van der Waals surface area contributed by atoms with Crippen LogP contribution in [-0.2, 0) is 9.47 Å². The van der Waals surface area contributed by atoms with E-state index < -0.39 is 0 Å². The molecule has 0 radical (unpaired) electrons. The molecular weight excluding hydrogens is 224 g/mol. The normalized spacial score (nSPS) is 29.5. The lowest BCUT2D eigenvalue weighted by Crippen LogP contribution is -2.44. The minimum atomic E-state index is -0.0348. The first-order chi connectivity index (χ1) is 8.47. The molecule has 2 heteroatoms. The van der Waals surface area contributed by atoms with Gasteiger partial charge >= 0.3 is 0 Å². The summed E-state index contributed by atoms with van der Waals surface area (Å²) in [7, 11) is 0. The molecule has 18 heavy (non-hydrogen) atoms. The fourth-order valence-corrected chi connectivity index (χ4v) is 2.44. The van der Waals surface area contributed by atoms with Crippen LogP contribution in [0.3, 0.4) is 0 Å². The standard InChI is InChI=1S/C16H32O2/c1-6-8-9-10-11-14-12-13(7-2)17-15(18-14)16(3,4)5/h13-15H,6-12H2,1-5H3/t13-,14-,15-/m0/s1. The van der Waals surface area contributed by atoms with E-state index >= 15 is 0 Å². The highest BCUT2D eigenvalue weighted by Gasteiger charge is 2.35. The minimum Gasteiger partial charge on any atom is -0.349 e. The van der Waals surface area contributed by atoms with Crippen LogP contribution < -0.4 is 0 Å². The molecule has 0 aromatic carbocycles. The monoisotopic (exact) mass is 256 g/mol. The van der Waals surface area contributed by atoms with Crippen molar-refractivity contribution in [2.24, 2.45) is 5.41 Å². The second-order valence-electron chi connectivity index (χ2n) is 6.71. The van der Waals surface area contributed by atoms with E-state index in [1.54, 1.807) is 0 Å². The van der Waals surface area contributed by atoms with Crippen LogP contribution in [0.15, 0.2) is 0 Å². The SMILES string of the molecule is CCCCCC[C@H]1C[C@H](CC)O[C@H](C(C)(C)C)O1. The molecule has 1 saturated heterocycles. The molecule has 0 unspecified atom stereocenters. The van der Waals surface area contributed by atoms with Gasteiger partial charge in [0.2, 0.25) is 0 Å². The Morgan fingerprint density at radius 3 is 2.17 bits per heavy atom. The van der Waals surface area contributed by atoms with Gasteiger partial charge in [-0.05, 0) is 19.3 Å². The first kappa shape index (κ1) is 16.0. The summed E-state index contributed by atoms with van der Waals surface area (Å²) in [6, 6.07) is 0. The zero-order chi connectivity index (χ0) is 13.6. The number of rotatable bonds is 6. The van der Waals surface area contributed by atoms with Crippen LogP contribution in [0.5, 0.6) is 0 Å². The lowest BCUT2D eigenvalue weighted by molar-refractivity contribution is -0.280. The highest BCUT2D eigenvalue weighted by atomic mass is 16.7. The highest BCUT2D eigenvalue weighted by Crippen LogP contribution is 2.33. The molecule has 0 saturated carbocycles. The summed E-state index contributed by atoms with van der Waals surface area (Å²) in [6.07, 6.45) is 9.43. The molecule has 3 atom stereocenters. The Morgan fingerprint density at radius 2 is 1.61 bits per heavy atom. The van der Waals surface area contributed by atoms with Gasteiger partial charge in [0, 0.05) is 5.41 Å². The van der Waals surface area contributed by atoms with E-state index in [0.29, 0.717) is 12.2 Å². The van der Waals surface area contributed by atoms with Crippen LogP contribution in [0, 0.1) is 5.41 Å². The topological polar surface area (TPSA) is 18.5 Å². The third kappa shape index (κ3) is 5.27. The Kier molecular flexibility index (Phi) is 6.65. The van der Waals surface area contributed by atoms with E-state index in [0.717, 1.165) is 12.8 Å². The van der Waals surface area contributed by atoms with Crippen molar-refractivity contribution in [2.45, 2.75) is 98.1 Å². The number of ether oxygens (including phenoxy) is 2. The van der Waals surface area contributed by atoms with Crippen LogP contribution in [0.4, 0.5) is 0 Å². The van der Waals surface area contributed by atoms with Gasteiger partial charge in [0.25, 0.3) is 0 Å². The largest absolute Gasteiger partial charge is 0.349 e. The Morgan fingerprint density at radius 1 is 0.944 bits per heavy atom. The van der Waals surface area contributed by atoms with Crippen LogP contribution in [0.25, 0.3) is 0 Å². The van der Waals surface area contributed by atoms with Crippen LogP contribution >= 0.6 is 0 Å².